The van der Waals surface area contributed by atoms with E-state index in [2.05, 4.69) is 77.6 Å². The Hall–Kier alpha value is -2.15. The van der Waals surface area contributed by atoms with Crippen LogP contribution in [0.15, 0.2) is 82.9 Å². The van der Waals surface area contributed by atoms with Gasteiger partial charge in [-0.25, -0.2) is 0 Å². The molecule has 0 saturated heterocycles. The topological polar surface area (TPSA) is 12.4 Å². The highest BCUT2D eigenvalue weighted by Crippen LogP contribution is 2.29. The van der Waals surface area contributed by atoms with Gasteiger partial charge in [-0.2, -0.15) is 0 Å². The zero-order chi connectivity index (χ0) is 20.2. The van der Waals surface area contributed by atoms with Gasteiger partial charge in [0.2, 0.25) is 0 Å². The van der Waals surface area contributed by atoms with Gasteiger partial charge >= 0.3 is 0 Å². The molecule has 0 aliphatic rings. The lowest BCUT2D eigenvalue weighted by molar-refractivity contribution is 0.449. The van der Waals surface area contributed by atoms with E-state index in [9.17, 15) is 0 Å². The molecular weight excluding hydrogens is 326 g/mol. The van der Waals surface area contributed by atoms with Gasteiger partial charge in [0, 0.05) is 12.1 Å². The van der Waals surface area contributed by atoms with Crippen LogP contribution in [0.3, 0.4) is 0 Å². The Bertz CT molecular complexity index is 688. The lowest BCUT2D eigenvalue weighted by Crippen LogP contribution is -2.20. The summed E-state index contributed by atoms with van der Waals surface area (Å²) in [6.45, 7) is 17.6. The maximum absolute atomic E-state index is 4.81. The fourth-order valence-electron chi connectivity index (χ4n) is 3.16. The van der Waals surface area contributed by atoms with Crippen molar-refractivity contribution in [3.05, 3.63) is 83.5 Å². The summed E-state index contributed by atoms with van der Waals surface area (Å²) < 4.78 is 0. The first-order chi connectivity index (χ1) is 12.9. The highest BCUT2D eigenvalue weighted by molar-refractivity contribution is 5.79. The van der Waals surface area contributed by atoms with Crippen molar-refractivity contribution < 1.29 is 0 Å². The summed E-state index contributed by atoms with van der Waals surface area (Å²) in [5.74, 6) is 0.863. The van der Waals surface area contributed by atoms with E-state index < -0.39 is 0 Å². The van der Waals surface area contributed by atoms with Crippen LogP contribution < -0.4 is 0 Å². The lowest BCUT2D eigenvalue weighted by atomic mass is 9.82. The predicted molar refractivity (Wildman–Crippen MR) is 123 cm³/mol. The van der Waals surface area contributed by atoms with Crippen molar-refractivity contribution in [2.45, 2.75) is 60.4 Å². The molecule has 1 nitrogen and oxygen atoms in total. The third-order valence-electron chi connectivity index (χ3n) is 5.33. The molecule has 1 heteroatoms. The molecule has 0 aliphatic heterocycles. The minimum absolute atomic E-state index is 0.242. The summed E-state index contributed by atoms with van der Waals surface area (Å²) in [7, 11) is 0. The minimum Gasteiger partial charge on any atom is -0.289 e. The molecular formula is C26H37N. The van der Waals surface area contributed by atoms with Crippen molar-refractivity contribution >= 4 is 6.21 Å². The molecule has 27 heavy (non-hydrogen) atoms. The summed E-state index contributed by atoms with van der Waals surface area (Å²) in [5, 5.41) is 0. The predicted octanol–water partition coefficient (Wildman–Crippen LogP) is 7.57. The van der Waals surface area contributed by atoms with E-state index in [1.165, 1.54) is 16.7 Å². The summed E-state index contributed by atoms with van der Waals surface area (Å²) in [6, 6.07) is 10.5. The summed E-state index contributed by atoms with van der Waals surface area (Å²) in [5.41, 5.74) is 5.13. The van der Waals surface area contributed by atoms with Crippen molar-refractivity contribution in [3.8, 4) is 0 Å². The maximum atomic E-state index is 4.81. The smallest absolute Gasteiger partial charge is 0.0536 e. The molecule has 0 amide bonds. The van der Waals surface area contributed by atoms with Crippen LogP contribution in [0.25, 0.3) is 0 Å². The van der Waals surface area contributed by atoms with Crippen molar-refractivity contribution in [2.75, 3.05) is 0 Å². The number of aliphatic imine (C=N–C) groups is 1. The second-order valence-corrected chi connectivity index (χ2v) is 7.42. The number of allylic oxidation sites excluding steroid dienone is 6. The Labute approximate surface area is 167 Å². The van der Waals surface area contributed by atoms with Crippen molar-refractivity contribution in [3.63, 3.8) is 0 Å². The van der Waals surface area contributed by atoms with Crippen molar-refractivity contribution in [2.24, 2.45) is 16.8 Å². The van der Waals surface area contributed by atoms with Crippen LogP contribution in [0.5, 0.6) is 0 Å². The Balaban J connectivity index is 2.74. The van der Waals surface area contributed by atoms with Gasteiger partial charge in [0.25, 0.3) is 0 Å². The molecule has 0 radical (unpaired) electrons. The number of benzene rings is 1. The molecule has 0 saturated carbocycles. The zero-order valence-electron chi connectivity index (χ0n) is 18.1. The molecule has 1 aromatic carbocycles. The van der Waals surface area contributed by atoms with Crippen molar-refractivity contribution in [1.29, 1.82) is 0 Å². The van der Waals surface area contributed by atoms with E-state index in [1.807, 2.05) is 31.3 Å². The third-order valence-corrected chi connectivity index (χ3v) is 5.33. The van der Waals surface area contributed by atoms with Crippen LogP contribution in [0.4, 0.5) is 0 Å². The highest BCUT2D eigenvalue weighted by Gasteiger charge is 2.21. The Morgan fingerprint density at radius 3 is 2.37 bits per heavy atom. The van der Waals surface area contributed by atoms with E-state index in [0.29, 0.717) is 11.8 Å². The third kappa shape index (κ3) is 7.95. The summed E-state index contributed by atoms with van der Waals surface area (Å²) in [6.07, 6.45) is 12.7. The van der Waals surface area contributed by atoms with Gasteiger partial charge in [-0.15, -0.1) is 0 Å². The normalized spacial score (nSPS) is 16.7. The number of hydrogen-bond donors (Lipinski definition) is 0. The second kappa shape index (κ2) is 12.3. The number of nitrogens with zero attached hydrogens (tertiary/aromatic N) is 1. The van der Waals surface area contributed by atoms with E-state index in [4.69, 9.17) is 4.99 Å². The SMILES string of the molecule is C=C(C(C)C/C=C(C)/C(C)=C/C=C\C)C(CC)C(C)/N=C/c1ccccc1. The quantitative estimate of drug-likeness (QED) is 0.231. The van der Waals surface area contributed by atoms with Crippen LogP contribution in [0.2, 0.25) is 0 Å². The van der Waals surface area contributed by atoms with Gasteiger partial charge in [0.05, 0.1) is 6.04 Å². The molecule has 146 valence electrons. The summed E-state index contributed by atoms with van der Waals surface area (Å²) >= 11 is 0. The van der Waals surface area contributed by atoms with Crippen LogP contribution in [0.1, 0.15) is 59.9 Å². The molecule has 1 rings (SSSR count). The van der Waals surface area contributed by atoms with Crippen LogP contribution in [0, 0.1) is 11.8 Å². The van der Waals surface area contributed by atoms with Crippen LogP contribution in [-0.2, 0) is 0 Å². The Kier molecular flexibility index (Phi) is 10.4. The second-order valence-electron chi connectivity index (χ2n) is 7.42. The Morgan fingerprint density at radius 2 is 1.78 bits per heavy atom. The van der Waals surface area contributed by atoms with E-state index in [1.54, 1.807) is 0 Å². The van der Waals surface area contributed by atoms with Crippen LogP contribution >= 0.6 is 0 Å². The number of hydrogen-bond acceptors (Lipinski definition) is 1. The van der Waals surface area contributed by atoms with Gasteiger partial charge in [0.1, 0.15) is 0 Å². The zero-order valence-corrected chi connectivity index (χ0v) is 18.1. The molecule has 0 aliphatic carbocycles. The molecule has 0 aromatic heterocycles. The van der Waals surface area contributed by atoms with E-state index >= 15 is 0 Å². The molecule has 3 atom stereocenters. The van der Waals surface area contributed by atoms with Gasteiger partial charge in [-0.3, -0.25) is 4.99 Å². The average Bonchev–Trinajstić information content (AvgIpc) is 2.69. The first-order valence-electron chi connectivity index (χ1n) is 10.1. The molecule has 1 aromatic rings. The lowest BCUT2D eigenvalue weighted by Gasteiger charge is -2.26. The van der Waals surface area contributed by atoms with E-state index in [0.717, 1.165) is 18.4 Å². The minimum atomic E-state index is 0.242. The fraction of sp³-hybridized carbons (Fsp3) is 0.423. The molecule has 0 bridgehead atoms. The summed E-state index contributed by atoms with van der Waals surface area (Å²) in [4.78, 5) is 4.81. The van der Waals surface area contributed by atoms with Crippen molar-refractivity contribution in [1.82, 2.24) is 0 Å². The van der Waals surface area contributed by atoms with Gasteiger partial charge in [-0.1, -0.05) is 86.2 Å². The van der Waals surface area contributed by atoms with Crippen LogP contribution in [-0.4, -0.2) is 12.3 Å². The maximum Gasteiger partial charge on any atom is 0.0536 e. The molecule has 0 N–H and O–H groups in total. The average molecular weight is 364 g/mol. The van der Waals surface area contributed by atoms with Gasteiger partial charge < -0.3 is 0 Å². The van der Waals surface area contributed by atoms with Gasteiger partial charge in [0.15, 0.2) is 0 Å². The first-order valence-corrected chi connectivity index (χ1v) is 10.1. The first kappa shape index (κ1) is 22.9. The highest BCUT2D eigenvalue weighted by atomic mass is 14.8. The monoisotopic (exact) mass is 363 g/mol. The number of rotatable bonds is 10. The Morgan fingerprint density at radius 1 is 1.11 bits per heavy atom. The molecule has 0 heterocycles. The van der Waals surface area contributed by atoms with Gasteiger partial charge in [-0.05, 0) is 57.6 Å². The largest absolute Gasteiger partial charge is 0.289 e. The fourth-order valence-corrected chi connectivity index (χ4v) is 3.16. The standard InChI is InChI=1S/C26H37N/c1-8-10-14-20(3)21(4)17-18-22(5)23(6)26(9-2)24(7)27-19-25-15-12-11-13-16-25/h8,10-17,19,22,24,26H,6,9,18H2,1-5,7H3/b10-8-,20-14+,21-17+,27-19+. The van der Waals surface area contributed by atoms with E-state index in [-0.39, 0.29) is 6.04 Å². The molecule has 0 spiro atoms. The molecule has 3 unspecified atom stereocenters. The molecule has 0 fully saturated rings.